The van der Waals surface area contributed by atoms with Crippen molar-refractivity contribution in [2.75, 3.05) is 10.5 Å². The predicted octanol–water partition coefficient (Wildman–Crippen LogP) is 1.67. The molecule has 0 unspecified atom stereocenters. The second-order valence-corrected chi connectivity index (χ2v) is 6.21. The van der Waals surface area contributed by atoms with Crippen LogP contribution in [0.1, 0.15) is 18.1 Å². The first kappa shape index (κ1) is 14.4. The van der Waals surface area contributed by atoms with Crippen LogP contribution in [0.2, 0.25) is 0 Å². The van der Waals surface area contributed by atoms with Crippen molar-refractivity contribution >= 4 is 21.5 Å². The van der Waals surface area contributed by atoms with Crippen LogP contribution in [0.25, 0.3) is 0 Å². The van der Waals surface area contributed by atoms with Gasteiger partial charge in [0.15, 0.2) is 10.8 Å². The monoisotopic (exact) mass is 294 g/mol. The summed E-state index contributed by atoms with van der Waals surface area (Å²) in [5, 5.41) is -0.0252. The third-order valence-corrected chi connectivity index (χ3v) is 4.62. The summed E-state index contributed by atoms with van der Waals surface area (Å²) in [6, 6.07) is 5.67. The van der Waals surface area contributed by atoms with Crippen LogP contribution in [-0.4, -0.2) is 18.0 Å². The molecule has 0 saturated carbocycles. The minimum absolute atomic E-state index is 0.00775. The number of aromatic nitrogens is 2. The number of sulfonamides is 1. The first-order chi connectivity index (χ1) is 9.36. The molecule has 0 amide bonds. The van der Waals surface area contributed by atoms with Gasteiger partial charge in [0.1, 0.15) is 0 Å². The van der Waals surface area contributed by atoms with E-state index in [0.29, 0.717) is 5.69 Å². The van der Waals surface area contributed by atoms with E-state index in [2.05, 4.69) is 9.71 Å². The third kappa shape index (κ3) is 2.49. The maximum Gasteiger partial charge on any atom is 0.281 e. The van der Waals surface area contributed by atoms with Crippen LogP contribution < -0.4 is 10.5 Å². The van der Waals surface area contributed by atoms with Gasteiger partial charge >= 0.3 is 0 Å². The average Bonchev–Trinajstić information content (AvgIpc) is 2.72. The lowest BCUT2D eigenvalue weighted by molar-refractivity contribution is 0.591. The van der Waals surface area contributed by atoms with E-state index in [9.17, 15) is 8.42 Å². The topological polar surface area (TPSA) is 90.0 Å². The van der Waals surface area contributed by atoms with Gasteiger partial charge in [-0.1, -0.05) is 25.1 Å². The van der Waals surface area contributed by atoms with E-state index in [-0.39, 0.29) is 10.8 Å². The highest BCUT2D eigenvalue weighted by atomic mass is 32.2. The van der Waals surface area contributed by atoms with E-state index in [1.54, 1.807) is 7.05 Å². The number of nitrogen functional groups attached to an aromatic ring is 1. The largest absolute Gasteiger partial charge is 0.381 e. The number of rotatable bonds is 4. The minimum atomic E-state index is -3.76. The first-order valence-corrected chi connectivity index (χ1v) is 7.73. The number of hydrogen-bond acceptors (Lipinski definition) is 4. The number of anilines is 2. The van der Waals surface area contributed by atoms with Gasteiger partial charge in [-0.25, -0.2) is 4.98 Å². The van der Waals surface area contributed by atoms with Gasteiger partial charge in [-0.2, -0.15) is 8.42 Å². The molecule has 2 rings (SSSR count). The Morgan fingerprint density at radius 2 is 2.10 bits per heavy atom. The average molecular weight is 294 g/mol. The van der Waals surface area contributed by atoms with Gasteiger partial charge in [-0.15, -0.1) is 0 Å². The first-order valence-electron chi connectivity index (χ1n) is 6.25. The van der Waals surface area contributed by atoms with E-state index in [0.717, 1.165) is 17.5 Å². The summed E-state index contributed by atoms with van der Waals surface area (Å²) in [4.78, 5) is 3.81. The molecule has 0 aliphatic carbocycles. The maximum absolute atomic E-state index is 12.5. The minimum Gasteiger partial charge on any atom is -0.381 e. The van der Waals surface area contributed by atoms with Crippen molar-refractivity contribution in [2.45, 2.75) is 25.3 Å². The van der Waals surface area contributed by atoms with E-state index < -0.39 is 10.0 Å². The van der Waals surface area contributed by atoms with E-state index in [1.807, 2.05) is 32.0 Å². The fourth-order valence-corrected chi connectivity index (χ4v) is 3.53. The Morgan fingerprint density at radius 3 is 2.65 bits per heavy atom. The summed E-state index contributed by atoms with van der Waals surface area (Å²) < 4.78 is 29.0. The molecular weight excluding hydrogens is 276 g/mol. The van der Waals surface area contributed by atoms with Gasteiger partial charge in [0.05, 0.1) is 12.0 Å². The molecule has 1 heterocycles. The summed E-state index contributed by atoms with van der Waals surface area (Å²) in [5.74, 6) is -0.00775. The number of nitrogens with one attached hydrogen (secondary N) is 1. The molecule has 20 heavy (non-hydrogen) atoms. The van der Waals surface area contributed by atoms with Crippen LogP contribution in [0.15, 0.2) is 29.6 Å². The number of nitrogens with two attached hydrogens (primary N) is 1. The van der Waals surface area contributed by atoms with Gasteiger partial charge in [0, 0.05) is 7.05 Å². The molecule has 1 aromatic carbocycles. The number of benzene rings is 1. The molecule has 0 saturated heterocycles. The summed E-state index contributed by atoms with van der Waals surface area (Å²) in [6.45, 7) is 3.84. The van der Waals surface area contributed by atoms with Crippen molar-refractivity contribution in [2.24, 2.45) is 7.05 Å². The highest BCUT2D eigenvalue weighted by molar-refractivity contribution is 7.92. The van der Waals surface area contributed by atoms with Crippen molar-refractivity contribution in [1.29, 1.82) is 0 Å². The van der Waals surface area contributed by atoms with Crippen molar-refractivity contribution in [3.05, 3.63) is 35.7 Å². The van der Waals surface area contributed by atoms with Gasteiger partial charge < -0.3 is 10.3 Å². The Bertz CT molecular complexity index is 715. The lowest BCUT2D eigenvalue weighted by Crippen LogP contribution is -2.19. The Hall–Kier alpha value is -2.02. The molecule has 0 radical (unpaired) electrons. The molecule has 0 fully saturated rings. The number of aryl methyl sites for hydroxylation is 3. The smallest absolute Gasteiger partial charge is 0.281 e. The lowest BCUT2D eigenvalue weighted by Gasteiger charge is -2.14. The number of nitrogens with zero attached hydrogens (tertiary/aromatic N) is 2. The predicted molar refractivity (Wildman–Crippen MR) is 79.0 cm³/mol. The molecule has 0 spiro atoms. The maximum atomic E-state index is 12.5. The van der Waals surface area contributed by atoms with Gasteiger partial charge in [-0.3, -0.25) is 4.72 Å². The van der Waals surface area contributed by atoms with Crippen molar-refractivity contribution in [3.63, 3.8) is 0 Å². The Kier molecular flexibility index (Phi) is 3.71. The molecule has 108 valence electrons. The van der Waals surface area contributed by atoms with E-state index in [1.165, 1.54) is 10.9 Å². The highest BCUT2D eigenvalue weighted by Gasteiger charge is 2.23. The van der Waals surface area contributed by atoms with Crippen LogP contribution in [0.5, 0.6) is 0 Å². The van der Waals surface area contributed by atoms with Crippen LogP contribution in [0.3, 0.4) is 0 Å². The molecule has 1 aromatic heterocycles. The molecule has 2 aromatic rings. The summed E-state index contributed by atoms with van der Waals surface area (Å²) in [7, 11) is -2.17. The quantitative estimate of drug-likeness (QED) is 0.897. The number of hydrogen-bond donors (Lipinski definition) is 2. The number of imidazole rings is 1. The molecular formula is C13H18N4O2S. The zero-order chi connectivity index (χ0) is 14.9. The number of para-hydroxylation sites is 1. The third-order valence-electron chi connectivity index (χ3n) is 3.14. The second kappa shape index (κ2) is 5.16. The van der Waals surface area contributed by atoms with Crippen LogP contribution >= 0.6 is 0 Å². The Morgan fingerprint density at radius 1 is 1.40 bits per heavy atom. The molecule has 0 aliphatic heterocycles. The van der Waals surface area contributed by atoms with Gasteiger partial charge in [0.2, 0.25) is 0 Å². The zero-order valence-electron chi connectivity index (χ0n) is 11.7. The molecule has 0 bridgehead atoms. The standard InChI is InChI=1S/C13H18N4O2S/c1-4-10-7-5-6-9(2)11(10)16-20(18,19)13-12(14)15-8-17(13)3/h5-8,16H,4,14H2,1-3H3. The zero-order valence-corrected chi connectivity index (χ0v) is 12.5. The Labute approximate surface area is 118 Å². The SMILES string of the molecule is CCc1cccc(C)c1NS(=O)(=O)c1c(N)ncn1C. The van der Waals surface area contributed by atoms with Crippen molar-refractivity contribution < 1.29 is 8.42 Å². The second-order valence-electron chi connectivity index (χ2n) is 4.61. The summed E-state index contributed by atoms with van der Waals surface area (Å²) in [6.07, 6.45) is 2.11. The van der Waals surface area contributed by atoms with Crippen LogP contribution in [0, 0.1) is 6.92 Å². The molecule has 0 atom stereocenters. The fourth-order valence-electron chi connectivity index (χ4n) is 2.12. The van der Waals surface area contributed by atoms with E-state index in [4.69, 9.17) is 5.73 Å². The van der Waals surface area contributed by atoms with Crippen molar-refractivity contribution in [1.82, 2.24) is 9.55 Å². The Balaban J connectivity index is 2.50. The molecule has 3 N–H and O–H groups in total. The molecule has 0 aliphatic rings. The normalized spacial score (nSPS) is 11.6. The highest BCUT2D eigenvalue weighted by Crippen LogP contribution is 2.26. The molecule has 6 nitrogen and oxygen atoms in total. The van der Waals surface area contributed by atoms with Gasteiger partial charge in [0.25, 0.3) is 10.0 Å². The molecule has 7 heteroatoms. The summed E-state index contributed by atoms with van der Waals surface area (Å²) >= 11 is 0. The van der Waals surface area contributed by atoms with E-state index >= 15 is 0 Å². The fraction of sp³-hybridized carbons (Fsp3) is 0.308. The van der Waals surface area contributed by atoms with Crippen molar-refractivity contribution in [3.8, 4) is 0 Å². The van der Waals surface area contributed by atoms with Crippen LogP contribution in [-0.2, 0) is 23.5 Å². The van der Waals surface area contributed by atoms with Gasteiger partial charge in [-0.05, 0) is 24.5 Å². The van der Waals surface area contributed by atoms with Crippen LogP contribution in [0.4, 0.5) is 11.5 Å². The lowest BCUT2D eigenvalue weighted by atomic mass is 10.1. The summed E-state index contributed by atoms with van der Waals surface area (Å²) in [5.41, 5.74) is 8.05.